The first-order valence-electron chi connectivity index (χ1n) is 6.21. The molecule has 1 fully saturated rings. The molecule has 1 aliphatic rings. The molecule has 1 amide bonds. The Kier molecular flexibility index (Phi) is 3.97. The third kappa shape index (κ3) is 2.70. The zero-order valence-corrected chi connectivity index (χ0v) is 10.5. The van der Waals surface area contributed by atoms with Crippen molar-refractivity contribution in [3.63, 3.8) is 0 Å². The van der Waals surface area contributed by atoms with Crippen LogP contribution in [0.1, 0.15) is 36.0 Å². The second-order valence-corrected chi connectivity index (χ2v) is 4.39. The standard InChI is InChI=1S/C14H17NO3/c1-18-14(17)11-6-8-12(9-7-11)15-10-4-2-3-5-13(15)16/h6-9H,2-5,10H2,1H3. The van der Waals surface area contributed by atoms with E-state index in [0.717, 1.165) is 31.5 Å². The van der Waals surface area contributed by atoms with Crippen molar-refractivity contribution in [2.24, 2.45) is 0 Å². The van der Waals surface area contributed by atoms with Gasteiger partial charge in [0.2, 0.25) is 5.91 Å². The van der Waals surface area contributed by atoms with Crippen molar-refractivity contribution in [2.75, 3.05) is 18.6 Å². The van der Waals surface area contributed by atoms with Gasteiger partial charge in [-0.15, -0.1) is 0 Å². The van der Waals surface area contributed by atoms with Gasteiger partial charge in [0.05, 0.1) is 12.7 Å². The normalized spacial score (nSPS) is 16.3. The minimum Gasteiger partial charge on any atom is -0.465 e. The molecule has 1 aromatic rings. The lowest BCUT2D eigenvalue weighted by Gasteiger charge is -2.20. The number of anilines is 1. The van der Waals surface area contributed by atoms with Crippen molar-refractivity contribution in [1.82, 2.24) is 0 Å². The van der Waals surface area contributed by atoms with Gasteiger partial charge in [0.15, 0.2) is 0 Å². The molecule has 0 aromatic heterocycles. The Morgan fingerprint density at radius 1 is 1.17 bits per heavy atom. The van der Waals surface area contributed by atoms with Crippen LogP contribution in [0.25, 0.3) is 0 Å². The molecule has 2 rings (SSSR count). The Hall–Kier alpha value is -1.84. The van der Waals surface area contributed by atoms with Crippen LogP contribution in [-0.4, -0.2) is 25.5 Å². The van der Waals surface area contributed by atoms with Crippen molar-refractivity contribution < 1.29 is 14.3 Å². The number of esters is 1. The second-order valence-electron chi connectivity index (χ2n) is 4.39. The Balaban J connectivity index is 2.17. The van der Waals surface area contributed by atoms with E-state index >= 15 is 0 Å². The van der Waals surface area contributed by atoms with E-state index in [1.54, 1.807) is 29.2 Å². The van der Waals surface area contributed by atoms with Crippen molar-refractivity contribution in [3.05, 3.63) is 29.8 Å². The summed E-state index contributed by atoms with van der Waals surface area (Å²) in [5.74, 6) is -0.193. The molecule has 96 valence electrons. The maximum atomic E-state index is 11.9. The van der Waals surface area contributed by atoms with Gasteiger partial charge >= 0.3 is 5.97 Å². The van der Waals surface area contributed by atoms with Gasteiger partial charge in [0, 0.05) is 18.7 Å². The van der Waals surface area contributed by atoms with Crippen LogP contribution in [0.5, 0.6) is 0 Å². The smallest absolute Gasteiger partial charge is 0.337 e. The summed E-state index contributed by atoms with van der Waals surface area (Å²) in [6.07, 6.45) is 3.71. The van der Waals surface area contributed by atoms with E-state index in [9.17, 15) is 9.59 Å². The van der Waals surface area contributed by atoms with Crippen LogP contribution in [0.15, 0.2) is 24.3 Å². The predicted molar refractivity (Wildman–Crippen MR) is 68.6 cm³/mol. The number of benzene rings is 1. The van der Waals surface area contributed by atoms with E-state index < -0.39 is 0 Å². The molecule has 0 radical (unpaired) electrons. The summed E-state index contributed by atoms with van der Waals surface area (Å²) in [5, 5.41) is 0. The van der Waals surface area contributed by atoms with Gasteiger partial charge in [0.1, 0.15) is 0 Å². The van der Waals surface area contributed by atoms with Crippen molar-refractivity contribution >= 4 is 17.6 Å². The summed E-state index contributed by atoms with van der Waals surface area (Å²) < 4.78 is 4.64. The molecule has 0 bridgehead atoms. The first-order chi connectivity index (χ1) is 8.72. The van der Waals surface area contributed by atoms with Gasteiger partial charge < -0.3 is 9.64 Å². The van der Waals surface area contributed by atoms with E-state index in [1.807, 2.05) is 0 Å². The largest absolute Gasteiger partial charge is 0.465 e. The quantitative estimate of drug-likeness (QED) is 0.754. The van der Waals surface area contributed by atoms with Crippen molar-refractivity contribution in [1.29, 1.82) is 0 Å². The van der Waals surface area contributed by atoms with Gasteiger partial charge in [-0.3, -0.25) is 4.79 Å². The molecule has 1 heterocycles. The molecular weight excluding hydrogens is 230 g/mol. The fourth-order valence-electron chi connectivity index (χ4n) is 2.15. The predicted octanol–water partition coefficient (Wildman–Crippen LogP) is 2.38. The Morgan fingerprint density at radius 3 is 2.56 bits per heavy atom. The van der Waals surface area contributed by atoms with Gasteiger partial charge in [-0.1, -0.05) is 6.42 Å². The molecule has 1 aromatic carbocycles. The summed E-state index contributed by atoms with van der Waals surface area (Å²) in [4.78, 5) is 25.0. The molecule has 4 nitrogen and oxygen atoms in total. The van der Waals surface area contributed by atoms with Gasteiger partial charge in [0.25, 0.3) is 0 Å². The van der Waals surface area contributed by atoms with E-state index in [1.165, 1.54) is 7.11 Å². The van der Waals surface area contributed by atoms with Crippen LogP contribution >= 0.6 is 0 Å². The van der Waals surface area contributed by atoms with Crippen LogP contribution < -0.4 is 4.90 Å². The molecule has 0 spiro atoms. The fraction of sp³-hybridized carbons (Fsp3) is 0.429. The van der Waals surface area contributed by atoms with E-state index in [0.29, 0.717) is 12.0 Å². The highest BCUT2D eigenvalue weighted by atomic mass is 16.5. The lowest BCUT2D eigenvalue weighted by molar-refractivity contribution is -0.118. The molecule has 1 saturated heterocycles. The zero-order chi connectivity index (χ0) is 13.0. The first-order valence-corrected chi connectivity index (χ1v) is 6.21. The van der Waals surface area contributed by atoms with Crippen LogP contribution in [0.4, 0.5) is 5.69 Å². The number of hydrogen-bond acceptors (Lipinski definition) is 3. The molecule has 0 saturated carbocycles. The average molecular weight is 247 g/mol. The highest BCUT2D eigenvalue weighted by Crippen LogP contribution is 2.21. The minimum absolute atomic E-state index is 0.165. The van der Waals surface area contributed by atoms with Gasteiger partial charge in [-0.25, -0.2) is 4.79 Å². The molecule has 0 aliphatic carbocycles. The SMILES string of the molecule is COC(=O)c1ccc(N2CCCCCC2=O)cc1. The third-order valence-electron chi connectivity index (χ3n) is 3.17. The molecule has 18 heavy (non-hydrogen) atoms. The zero-order valence-electron chi connectivity index (χ0n) is 10.5. The topological polar surface area (TPSA) is 46.6 Å². The van der Waals surface area contributed by atoms with Crippen LogP contribution in [0.3, 0.4) is 0 Å². The average Bonchev–Trinajstić information content (AvgIpc) is 2.63. The monoisotopic (exact) mass is 247 g/mol. The minimum atomic E-state index is -0.358. The molecular formula is C14H17NO3. The number of ether oxygens (including phenoxy) is 1. The number of carbonyl (C=O) groups is 2. The fourth-order valence-corrected chi connectivity index (χ4v) is 2.15. The number of rotatable bonds is 2. The lowest BCUT2D eigenvalue weighted by atomic mass is 10.2. The molecule has 0 atom stereocenters. The highest BCUT2D eigenvalue weighted by molar-refractivity contribution is 5.95. The second kappa shape index (κ2) is 5.67. The summed E-state index contributed by atoms with van der Waals surface area (Å²) in [6, 6.07) is 6.99. The Labute approximate surface area is 107 Å². The summed E-state index contributed by atoms with van der Waals surface area (Å²) in [5.41, 5.74) is 1.36. The third-order valence-corrected chi connectivity index (χ3v) is 3.17. The summed E-state index contributed by atoms with van der Waals surface area (Å²) >= 11 is 0. The van der Waals surface area contributed by atoms with Crippen LogP contribution in [0, 0.1) is 0 Å². The maximum absolute atomic E-state index is 11.9. The van der Waals surface area contributed by atoms with Crippen LogP contribution in [0.2, 0.25) is 0 Å². The van der Waals surface area contributed by atoms with E-state index in [4.69, 9.17) is 0 Å². The Morgan fingerprint density at radius 2 is 1.89 bits per heavy atom. The molecule has 1 aliphatic heterocycles. The lowest BCUT2D eigenvalue weighted by Crippen LogP contribution is -2.29. The van der Waals surface area contributed by atoms with E-state index in [-0.39, 0.29) is 11.9 Å². The molecule has 4 heteroatoms. The van der Waals surface area contributed by atoms with Crippen LogP contribution in [-0.2, 0) is 9.53 Å². The van der Waals surface area contributed by atoms with Crippen molar-refractivity contribution in [3.8, 4) is 0 Å². The van der Waals surface area contributed by atoms with E-state index in [2.05, 4.69) is 4.74 Å². The van der Waals surface area contributed by atoms with Gasteiger partial charge in [-0.05, 0) is 37.1 Å². The number of hydrogen-bond donors (Lipinski definition) is 0. The number of carbonyl (C=O) groups excluding carboxylic acids is 2. The Bertz CT molecular complexity index is 439. The highest BCUT2D eigenvalue weighted by Gasteiger charge is 2.18. The molecule has 0 unspecified atom stereocenters. The summed E-state index contributed by atoms with van der Waals surface area (Å²) in [6.45, 7) is 0.760. The molecule has 0 N–H and O–H groups in total. The number of nitrogens with zero attached hydrogens (tertiary/aromatic N) is 1. The number of amides is 1. The maximum Gasteiger partial charge on any atom is 0.337 e. The first kappa shape index (κ1) is 12.6. The number of methoxy groups -OCH3 is 1. The van der Waals surface area contributed by atoms with Gasteiger partial charge in [-0.2, -0.15) is 0 Å². The van der Waals surface area contributed by atoms with Crippen molar-refractivity contribution in [2.45, 2.75) is 25.7 Å². The summed E-state index contributed by atoms with van der Waals surface area (Å²) in [7, 11) is 1.36.